The first-order valence-corrected chi connectivity index (χ1v) is 9.84. The van der Waals surface area contributed by atoms with Crippen LogP contribution in [0.25, 0.3) is 10.9 Å². The standard InChI is InChI=1S/C22H22ClN3O2/c1-26(13-20(27)24-15-7-4-6-14(23)12-15)22(28)18-10-5-9-17-16-8-2-3-11-19(16)25-21(17)18/h4-7,9-10,12,25H,2-3,8,11,13H2,1H3,(H,24,27). The smallest absolute Gasteiger partial charge is 0.256 e. The number of aromatic amines is 1. The van der Waals surface area contributed by atoms with Crippen LogP contribution < -0.4 is 5.32 Å². The molecule has 0 saturated carbocycles. The van der Waals surface area contributed by atoms with Crippen molar-refractivity contribution in [3.8, 4) is 0 Å². The van der Waals surface area contributed by atoms with Crippen LogP contribution in [-0.2, 0) is 17.6 Å². The van der Waals surface area contributed by atoms with Gasteiger partial charge in [0.15, 0.2) is 0 Å². The quantitative estimate of drug-likeness (QED) is 0.687. The minimum atomic E-state index is -0.268. The van der Waals surface area contributed by atoms with E-state index in [1.165, 1.54) is 29.0 Å². The van der Waals surface area contributed by atoms with Crippen LogP contribution in [0.3, 0.4) is 0 Å². The highest BCUT2D eigenvalue weighted by Gasteiger charge is 2.22. The van der Waals surface area contributed by atoms with E-state index in [1.54, 1.807) is 31.3 Å². The van der Waals surface area contributed by atoms with Crippen LogP contribution in [-0.4, -0.2) is 35.3 Å². The zero-order valence-electron chi connectivity index (χ0n) is 15.7. The van der Waals surface area contributed by atoms with Gasteiger partial charge in [-0.15, -0.1) is 0 Å². The monoisotopic (exact) mass is 395 g/mol. The lowest BCUT2D eigenvalue weighted by Crippen LogP contribution is -2.35. The maximum absolute atomic E-state index is 13.0. The van der Waals surface area contributed by atoms with E-state index in [4.69, 9.17) is 11.6 Å². The van der Waals surface area contributed by atoms with Crippen molar-refractivity contribution in [2.24, 2.45) is 0 Å². The summed E-state index contributed by atoms with van der Waals surface area (Å²) in [5.41, 5.74) is 4.66. The Bertz CT molecular complexity index is 1060. The number of nitrogens with one attached hydrogen (secondary N) is 2. The second kappa shape index (κ2) is 7.68. The lowest BCUT2D eigenvalue weighted by molar-refractivity contribution is -0.116. The Morgan fingerprint density at radius 1 is 1.14 bits per heavy atom. The van der Waals surface area contributed by atoms with Crippen LogP contribution in [0.4, 0.5) is 5.69 Å². The highest BCUT2D eigenvalue weighted by atomic mass is 35.5. The van der Waals surface area contributed by atoms with E-state index in [1.807, 2.05) is 12.1 Å². The lowest BCUT2D eigenvalue weighted by Gasteiger charge is -2.17. The zero-order valence-corrected chi connectivity index (χ0v) is 16.5. The average Bonchev–Trinajstić information content (AvgIpc) is 3.06. The largest absolute Gasteiger partial charge is 0.358 e. The summed E-state index contributed by atoms with van der Waals surface area (Å²) in [5, 5.41) is 4.44. The molecule has 2 aromatic carbocycles. The molecular formula is C22H22ClN3O2. The number of anilines is 1. The number of H-pyrrole nitrogens is 1. The average molecular weight is 396 g/mol. The Morgan fingerprint density at radius 3 is 2.75 bits per heavy atom. The normalized spacial score (nSPS) is 13.2. The van der Waals surface area contributed by atoms with E-state index in [2.05, 4.69) is 16.4 Å². The van der Waals surface area contributed by atoms with Crippen molar-refractivity contribution >= 4 is 40.0 Å². The van der Waals surface area contributed by atoms with Crippen molar-refractivity contribution in [1.29, 1.82) is 0 Å². The maximum Gasteiger partial charge on any atom is 0.256 e. The molecule has 144 valence electrons. The third kappa shape index (κ3) is 3.62. The Labute approximate surface area is 168 Å². The number of hydrogen-bond donors (Lipinski definition) is 2. The predicted molar refractivity (Wildman–Crippen MR) is 112 cm³/mol. The first kappa shape index (κ1) is 18.6. The van der Waals surface area contributed by atoms with Crippen molar-refractivity contribution in [3.63, 3.8) is 0 Å². The minimum Gasteiger partial charge on any atom is -0.358 e. The van der Waals surface area contributed by atoms with Crippen molar-refractivity contribution < 1.29 is 9.59 Å². The number of carbonyl (C=O) groups excluding carboxylic acids is 2. The van der Waals surface area contributed by atoms with Crippen LogP contribution in [0.5, 0.6) is 0 Å². The third-order valence-electron chi connectivity index (χ3n) is 5.20. The van der Waals surface area contributed by atoms with Gasteiger partial charge in [-0.25, -0.2) is 0 Å². The highest BCUT2D eigenvalue weighted by molar-refractivity contribution is 6.30. The number of amides is 2. The van der Waals surface area contributed by atoms with Gasteiger partial charge in [0.1, 0.15) is 0 Å². The number of aryl methyl sites for hydroxylation is 2. The number of para-hydroxylation sites is 1. The van der Waals surface area contributed by atoms with Crippen LogP contribution in [0.15, 0.2) is 42.5 Å². The molecule has 3 aromatic rings. The molecule has 0 bridgehead atoms. The third-order valence-corrected chi connectivity index (χ3v) is 5.43. The Morgan fingerprint density at radius 2 is 1.93 bits per heavy atom. The lowest BCUT2D eigenvalue weighted by atomic mass is 9.95. The van der Waals surface area contributed by atoms with Crippen LogP contribution in [0.1, 0.15) is 34.5 Å². The number of nitrogens with zero attached hydrogens (tertiary/aromatic N) is 1. The molecule has 0 atom stereocenters. The van der Waals surface area contributed by atoms with Crippen molar-refractivity contribution in [3.05, 3.63) is 64.3 Å². The number of halogens is 1. The molecule has 0 fully saturated rings. The van der Waals surface area contributed by atoms with Gasteiger partial charge in [0.2, 0.25) is 5.91 Å². The van der Waals surface area contributed by atoms with Crippen molar-refractivity contribution in [2.75, 3.05) is 18.9 Å². The molecule has 0 aliphatic heterocycles. The summed E-state index contributed by atoms with van der Waals surface area (Å²) in [4.78, 5) is 30.3. The molecule has 6 heteroatoms. The molecule has 28 heavy (non-hydrogen) atoms. The summed E-state index contributed by atoms with van der Waals surface area (Å²) < 4.78 is 0. The maximum atomic E-state index is 13.0. The molecule has 0 spiro atoms. The molecule has 4 rings (SSSR count). The summed E-state index contributed by atoms with van der Waals surface area (Å²) in [6, 6.07) is 12.7. The van der Waals surface area contributed by atoms with Gasteiger partial charge in [0, 0.05) is 28.8 Å². The van der Waals surface area contributed by atoms with Crippen molar-refractivity contribution in [1.82, 2.24) is 9.88 Å². The number of benzene rings is 2. The van der Waals surface area contributed by atoms with Gasteiger partial charge >= 0.3 is 0 Å². The number of rotatable bonds is 4. The van der Waals surface area contributed by atoms with E-state index in [0.29, 0.717) is 16.3 Å². The van der Waals surface area contributed by atoms with E-state index in [0.717, 1.165) is 23.7 Å². The van der Waals surface area contributed by atoms with Crippen LogP contribution >= 0.6 is 11.6 Å². The summed E-state index contributed by atoms with van der Waals surface area (Å²) in [7, 11) is 1.64. The van der Waals surface area contributed by atoms with Gasteiger partial charge in [-0.2, -0.15) is 0 Å². The molecule has 2 N–H and O–H groups in total. The molecule has 1 aromatic heterocycles. The topological polar surface area (TPSA) is 65.2 Å². The zero-order chi connectivity index (χ0) is 19.7. The van der Waals surface area contributed by atoms with E-state index in [-0.39, 0.29) is 18.4 Å². The summed E-state index contributed by atoms with van der Waals surface area (Å²) >= 11 is 5.94. The van der Waals surface area contributed by atoms with Gasteiger partial charge < -0.3 is 15.2 Å². The van der Waals surface area contributed by atoms with E-state index >= 15 is 0 Å². The summed E-state index contributed by atoms with van der Waals surface area (Å²) in [5.74, 6) is -0.443. The van der Waals surface area contributed by atoms with Crippen LogP contribution in [0, 0.1) is 0 Å². The fraction of sp³-hybridized carbons (Fsp3) is 0.273. The van der Waals surface area contributed by atoms with Gasteiger partial charge in [0.05, 0.1) is 17.6 Å². The molecule has 1 heterocycles. The molecule has 5 nitrogen and oxygen atoms in total. The van der Waals surface area contributed by atoms with Gasteiger partial charge in [-0.3, -0.25) is 9.59 Å². The molecular weight excluding hydrogens is 374 g/mol. The van der Waals surface area contributed by atoms with E-state index in [9.17, 15) is 9.59 Å². The van der Waals surface area contributed by atoms with Gasteiger partial charge in [0.25, 0.3) is 5.91 Å². The fourth-order valence-electron chi connectivity index (χ4n) is 3.87. The molecule has 0 saturated heterocycles. The van der Waals surface area contributed by atoms with Gasteiger partial charge in [-0.1, -0.05) is 29.8 Å². The molecule has 0 unspecified atom stereocenters. The van der Waals surface area contributed by atoms with Gasteiger partial charge in [-0.05, 0) is 55.5 Å². The summed E-state index contributed by atoms with van der Waals surface area (Å²) in [6.07, 6.45) is 4.43. The second-order valence-electron chi connectivity index (χ2n) is 7.24. The first-order valence-electron chi connectivity index (χ1n) is 9.46. The molecule has 1 aliphatic rings. The molecule has 2 amide bonds. The SMILES string of the molecule is CN(CC(=O)Nc1cccc(Cl)c1)C(=O)c1cccc2c3c([nH]c12)CCCC3. The Kier molecular flexibility index (Phi) is 5.09. The summed E-state index contributed by atoms with van der Waals surface area (Å²) in [6.45, 7) is -0.0395. The number of likely N-dealkylation sites (N-methyl/N-ethyl adjacent to an activating group) is 1. The second-order valence-corrected chi connectivity index (χ2v) is 7.67. The van der Waals surface area contributed by atoms with Crippen molar-refractivity contribution in [2.45, 2.75) is 25.7 Å². The molecule has 0 radical (unpaired) electrons. The Balaban J connectivity index is 1.52. The fourth-order valence-corrected chi connectivity index (χ4v) is 4.06. The first-order chi connectivity index (χ1) is 13.5. The number of hydrogen-bond acceptors (Lipinski definition) is 2. The molecule has 1 aliphatic carbocycles. The van der Waals surface area contributed by atoms with E-state index < -0.39 is 0 Å². The number of carbonyl (C=O) groups is 2. The minimum absolute atomic E-state index is 0.0395. The van der Waals surface area contributed by atoms with Crippen LogP contribution in [0.2, 0.25) is 5.02 Å². The highest BCUT2D eigenvalue weighted by Crippen LogP contribution is 2.31. The predicted octanol–water partition coefficient (Wildman–Crippen LogP) is 4.41. The number of aromatic nitrogens is 1. The Hall–Kier alpha value is -2.79. The number of fused-ring (bicyclic) bond motifs is 3.